The summed E-state index contributed by atoms with van der Waals surface area (Å²) in [6.07, 6.45) is 0. The maximum atomic E-state index is 12.5. The molecule has 0 aliphatic rings. The van der Waals surface area contributed by atoms with Crippen molar-refractivity contribution in [3.05, 3.63) is 78.4 Å². The fourth-order valence-electron chi connectivity index (χ4n) is 3.32. The minimum Gasteiger partial charge on any atom is -0.505 e. The Hall–Kier alpha value is -3.48. The Morgan fingerprint density at radius 1 is 0.972 bits per heavy atom. The average molecular weight is 516 g/mol. The maximum absolute atomic E-state index is 12.5. The third-order valence-corrected chi connectivity index (χ3v) is 5.96. The quantitative estimate of drug-likeness (QED) is 0.125. The molecule has 0 heterocycles. The number of nitrogen functional groups attached to an aromatic ring is 1. The number of ether oxygens (including phenoxy) is 1. The van der Waals surface area contributed by atoms with Crippen molar-refractivity contribution in [2.45, 2.75) is 4.90 Å². The Morgan fingerprint density at radius 3 is 2.25 bits per heavy atom. The summed E-state index contributed by atoms with van der Waals surface area (Å²) in [5, 5.41) is 21.8. The molecule has 0 fully saturated rings. The van der Waals surface area contributed by atoms with Crippen molar-refractivity contribution in [3.8, 4) is 11.5 Å². The van der Waals surface area contributed by atoms with Crippen molar-refractivity contribution < 1.29 is 27.6 Å². The molecular weight excluding hydrogens is 495 g/mol. The fraction of sp³-hybridized carbons (Fsp3) is 0.0417. The summed E-state index contributed by atoms with van der Waals surface area (Å²) in [5.74, 6) is -0.312. The van der Waals surface area contributed by atoms with Gasteiger partial charge in [-0.15, -0.1) is 5.11 Å². The number of methoxy groups -OCH3 is 1. The topological polar surface area (TPSA) is 164 Å². The van der Waals surface area contributed by atoms with E-state index in [9.17, 15) is 22.9 Å². The van der Waals surface area contributed by atoms with Crippen LogP contribution in [0.5, 0.6) is 11.5 Å². The molecule has 5 N–H and O–H groups in total. The van der Waals surface area contributed by atoms with Crippen LogP contribution in [0.1, 0.15) is 10.4 Å². The second-order valence-corrected chi connectivity index (χ2v) is 8.85. The van der Waals surface area contributed by atoms with Crippen LogP contribution in [0.25, 0.3) is 10.8 Å². The third kappa shape index (κ3) is 6.01. The molecule has 12 heteroatoms. The molecular formula is C24H20N4NaO6S. The van der Waals surface area contributed by atoms with Crippen molar-refractivity contribution in [3.63, 3.8) is 0 Å². The number of hydrogen-bond donors (Lipinski definition) is 4. The number of benzene rings is 4. The van der Waals surface area contributed by atoms with E-state index in [0.717, 1.165) is 6.07 Å². The van der Waals surface area contributed by atoms with Gasteiger partial charge in [-0.2, -0.15) is 13.5 Å². The first-order valence-electron chi connectivity index (χ1n) is 10.2. The molecule has 4 rings (SSSR count). The Labute approximate surface area is 228 Å². The Morgan fingerprint density at radius 2 is 1.64 bits per heavy atom. The summed E-state index contributed by atoms with van der Waals surface area (Å²) < 4.78 is 39.0. The van der Waals surface area contributed by atoms with E-state index in [1.807, 2.05) is 0 Å². The number of fused-ring (bicyclic) bond motifs is 1. The van der Waals surface area contributed by atoms with E-state index < -0.39 is 32.4 Å². The second-order valence-electron chi connectivity index (χ2n) is 7.46. The Balaban J connectivity index is 0.00000361. The van der Waals surface area contributed by atoms with Gasteiger partial charge < -0.3 is 20.9 Å². The number of amides is 1. The van der Waals surface area contributed by atoms with Crippen LogP contribution in [-0.2, 0) is 10.1 Å². The largest absolute Gasteiger partial charge is 0.505 e. The van der Waals surface area contributed by atoms with Gasteiger partial charge in [0.05, 0.1) is 12.8 Å². The van der Waals surface area contributed by atoms with Crippen molar-refractivity contribution >= 4 is 79.1 Å². The zero-order valence-electron chi connectivity index (χ0n) is 19.3. The zero-order valence-corrected chi connectivity index (χ0v) is 22.2. The van der Waals surface area contributed by atoms with Gasteiger partial charge in [0.2, 0.25) is 0 Å². The number of carbonyl (C=O) groups excluding carboxylic acids is 1. The molecule has 4 aromatic rings. The van der Waals surface area contributed by atoms with Crippen LogP contribution < -0.4 is 15.8 Å². The first kappa shape index (κ1) is 27.1. The van der Waals surface area contributed by atoms with Gasteiger partial charge in [-0.25, -0.2) is 0 Å². The molecule has 0 spiro atoms. The van der Waals surface area contributed by atoms with Crippen molar-refractivity contribution in [1.82, 2.24) is 0 Å². The van der Waals surface area contributed by atoms with E-state index in [-0.39, 0.29) is 40.3 Å². The number of nitrogens with two attached hydrogens (primary N) is 1. The van der Waals surface area contributed by atoms with Crippen LogP contribution in [0.4, 0.5) is 22.7 Å². The van der Waals surface area contributed by atoms with Gasteiger partial charge in [-0.05, 0) is 78.2 Å². The molecule has 1 radical (unpaired) electrons. The molecule has 0 unspecified atom stereocenters. The van der Waals surface area contributed by atoms with E-state index in [2.05, 4.69) is 15.5 Å². The Kier molecular flexibility index (Phi) is 8.33. The van der Waals surface area contributed by atoms with Gasteiger partial charge >= 0.3 is 0 Å². The predicted octanol–water partition coefficient (Wildman–Crippen LogP) is 4.67. The van der Waals surface area contributed by atoms with Gasteiger partial charge in [0.15, 0.2) is 5.75 Å². The number of anilines is 2. The summed E-state index contributed by atoms with van der Waals surface area (Å²) in [6, 6.07) is 18.4. The number of nitrogens with zero attached hydrogens (tertiary/aromatic N) is 2. The van der Waals surface area contributed by atoms with Gasteiger partial charge in [0.1, 0.15) is 16.3 Å². The van der Waals surface area contributed by atoms with Crippen molar-refractivity contribution in [2.75, 3.05) is 18.2 Å². The first-order valence-corrected chi connectivity index (χ1v) is 11.6. The smallest absolute Gasteiger partial charge is 0.296 e. The molecule has 0 saturated carbocycles. The SMILES string of the molecule is COc1ccc(N=Nc2c(S(=O)(=O)O)cc3cc(NC(=O)c4ccc(N)cc4)ccc3c2O)cc1.[Na]. The summed E-state index contributed by atoms with van der Waals surface area (Å²) in [4.78, 5) is 11.9. The summed E-state index contributed by atoms with van der Waals surface area (Å²) in [5.41, 5.74) is 6.81. The molecule has 0 atom stereocenters. The van der Waals surface area contributed by atoms with E-state index in [1.54, 1.807) is 48.5 Å². The number of carbonyl (C=O) groups is 1. The molecule has 0 bridgehead atoms. The van der Waals surface area contributed by atoms with Gasteiger partial charge in [0.25, 0.3) is 16.0 Å². The van der Waals surface area contributed by atoms with Crippen LogP contribution in [0, 0.1) is 0 Å². The molecule has 10 nitrogen and oxygen atoms in total. The maximum Gasteiger partial charge on any atom is 0.296 e. The van der Waals surface area contributed by atoms with E-state index in [1.165, 1.54) is 25.3 Å². The molecule has 1 amide bonds. The van der Waals surface area contributed by atoms with E-state index in [0.29, 0.717) is 28.4 Å². The first-order chi connectivity index (χ1) is 16.7. The molecule has 0 aromatic heterocycles. The number of rotatable bonds is 6. The van der Waals surface area contributed by atoms with Crippen molar-refractivity contribution in [2.24, 2.45) is 10.2 Å². The molecule has 0 aliphatic carbocycles. The number of azo groups is 1. The number of nitrogens with one attached hydrogen (secondary N) is 1. The van der Waals surface area contributed by atoms with Crippen LogP contribution in [0.15, 0.2) is 87.9 Å². The van der Waals surface area contributed by atoms with Crippen LogP contribution in [-0.4, -0.2) is 60.7 Å². The van der Waals surface area contributed by atoms with Crippen LogP contribution in [0.2, 0.25) is 0 Å². The minimum absolute atomic E-state index is 0. The molecule has 0 saturated heterocycles. The molecule has 0 aliphatic heterocycles. The fourth-order valence-corrected chi connectivity index (χ4v) is 3.97. The third-order valence-electron chi connectivity index (χ3n) is 5.10. The number of phenols is 1. The molecule has 179 valence electrons. The standard InChI is InChI=1S/C24H20N4O6S.Na/c1-34-19-9-6-17(7-10-19)27-28-22-21(35(31,32)33)13-15-12-18(8-11-20(15)23(22)29)26-24(30)14-2-4-16(25)5-3-14;/h2-13,29H,25H2,1H3,(H,26,30)(H,31,32,33);. The second kappa shape index (κ2) is 11.1. The number of aromatic hydroxyl groups is 1. The normalized spacial score (nSPS) is 11.3. The summed E-state index contributed by atoms with van der Waals surface area (Å²) in [7, 11) is -3.27. The monoisotopic (exact) mass is 515 g/mol. The Bertz CT molecular complexity index is 1560. The van der Waals surface area contributed by atoms with Gasteiger partial charge in [0, 0.05) is 51.9 Å². The average Bonchev–Trinajstić information content (AvgIpc) is 2.83. The van der Waals surface area contributed by atoms with Gasteiger partial charge in [-0.3, -0.25) is 9.35 Å². The van der Waals surface area contributed by atoms with Crippen LogP contribution in [0.3, 0.4) is 0 Å². The predicted molar refractivity (Wildman–Crippen MR) is 137 cm³/mol. The number of phenolic OH excluding ortho intramolecular Hbond substituents is 1. The van der Waals surface area contributed by atoms with Crippen LogP contribution >= 0.6 is 0 Å². The summed E-state index contributed by atoms with van der Waals surface area (Å²) in [6.45, 7) is 0. The minimum atomic E-state index is -4.78. The van der Waals surface area contributed by atoms with Crippen molar-refractivity contribution in [1.29, 1.82) is 0 Å². The van der Waals surface area contributed by atoms with E-state index in [4.69, 9.17) is 10.5 Å². The zero-order chi connectivity index (χ0) is 25.2. The van der Waals surface area contributed by atoms with E-state index >= 15 is 0 Å². The molecule has 4 aromatic carbocycles. The number of hydrogen-bond acceptors (Lipinski definition) is 8. The summed E-state index contributed by atoms with van der Waals surface area (Å²) >= 11 is 0. The molecule has 36 heavy (non-hydrogen) atoms. The van der Waals surface area contributed by atoms with Gasteiger partial charge in [-0.1, -0.05) is 0 Å².